The molecule has 10 nitrogen and oxygen atoms in total. The fraction of sp³-hybridized carbons (Fsp3) is 0.107. The van der Waals surface area contributed by atoms with Crippen molar-refractivity contribution in [2.75, 3.05) is 0 Å². The molecule has 5 aromatic heterocycles. The lowest BCUT2D eigenvalue weighted by atomic mass is 10.1. The van der Waals surface area contributed by atoms with Crippen LogP contribution in [0, 0.1) is 28.5 Å². The molecule has 12 heteroatoms. The number of hydrogen-bond acceptors (Lipinski definition) is 9. The second-order valence-electron chi connectivity index (χ2n) is 8.38. The first-order chi connectivity index (χ1) is 19.6. The van der Waals surface area contributed by atoms with E-state index in [0.717, 1.165) is 33.4 Å². The van der Waals surface area contributed by atoms with E-state index in [0.29, 0.717) is 41.1 Å². The van der Waals surface area contributed by atoms with Crippen molar-refractivity contribution in [3.8, 4) is 12.1 Å². The summed E-state index contributed by atoms with van der Waals surface area (Å²) in [5, 5.41) is 22.5. The number of fused-ring (bicyclic) bond motifs is 3. The van der Waals surface area contributed by atoms with Crippen LogP contribution >= 0.6 is 22.6 Å². The fourth-order valence-electron chi connectivity index (χ4n) is 4.01. The van der Waals surface area contributed by atoms with Crippen molar-refractivity contribution in [1.82, 2.24) is 29.7 Å². The Hall–Kier alpha value is -4.95. The first kappa shape index (κ1) is 26.6. The Morgan fingerprint density at radius 1 is 0.875 bits per heavy atom. The van der Waals surface area contributed by atoms with E-state index in [2.05, 4.69) is 63.7 Å². The number of hydrogen-bond donors (Lipinski definition) is 0. The largest absolute Gasteiger partial charge is 0.272 e. The third kappa shape index (κ3) is 5.87. The summed E-state index contributed by atoms with van der Waals surface area (Å²) >= 11 is 2.23. The SMILES string of the molecule is IC1=NCc2ncccc21.N#CC1=NCc2ncccc21.N#Cc1nn(Cc2cncc(F)c2)c2ncccc12. The van der Waals surface area contributed by atoms with Gasteiger partial charge >= 0.3 is 0 Å². The van der Waals surface area contributed by atoms with E-state index >= 15 is 0 Å². The highest BCUT2D eigenvalue weighted by Gasteiger charge is 2.15. The Morgan fingerprint density at radius 2 is 1.57 bits per heavy atom. The zero-order valence-electron chi connectivity index (χ0n) is 20.8. The first-order valence-corrected chi connectivity index (χ1v) is 13.0. The van der Waals surface area contributed by atoms with E-state index in [1.807, 2.05) is 36.5 Å². The van der Waals surface area contributed by atoms with Gasteiger partial charge in [-0.25, -0.2) is 14.1 Å². The summed E-state index contributed by atoms with van der Waals surface area (Å²) in [4.78, 5) is 24.5. The topological polar surface area (TPSA) is 142 Å². The predicted molar refractivity (Wildman–Crippen MR) is 154 cm³/mol. The Bertz CT molecular complexity index is 1850. The monoisotopic (exact) mass is 640 g/mol. The molecule has 0 N–H and O–H groups in total. The van der Waals surface area contributed by atoms with Crippen molar-refractivity contribution >= 4 is 43.1 Å². The molecule has 0 saturated carbocycles. The molecular formula is C28H18FIN10. The maximum Gasteiger partial charge on any atom is 0.172 e. The van der Waals surface area contributed by atoms with Crippen molar-refractivity contribution < 1.29 is 4.39 Å². The van der Waals surface area contributed by atoms with E-state index in [4.69, 9.17) is 10.5 Å². The Labute approximate surface area is 241 Å². The quantitative estimate of drug-likeness (QED) is 0.258. The van der Waals surface area contributed by atoms with Crippen LogP contribution in [0.15, 0.2) is 83.4 Å². The van der Waals surface area contributed by atoms with Crippen LogP contribution in [0.4, 0.5) is 4.39 Å². The van der Waals surface area contributed by atoms with E-state index in [-0.39, 0.29) is 0 Å². The maximum atomic E-state index is 13.1. The molecule has 0 fully saturated rings. The molecule has 194 valence electrons. The minimum absolute atomic E-state index is 0.312. The van der Waals surface area contributed by atoms with Gasteiger partial charge in [-0.1, -0.05) is 0 Å². The van der Waals surface area contributed by atoms with E-state index in [9.17, 15) is 4.39 Å². The predicted octanol–water partition coefficient (Wildman–Crippen LogP) is 4.57. The molecule has 0 aromatic carbocycles. The van der Waals surface area contributed by atoms with Gasteiger partial charge in [0, 0.05) is 35.9 Å². The molecule has 40 heavy (non-hydrogen) atoms. The van der Waals surface area contributed by atoms with Crippen LogP contribution in [-0.2, 0) is 19.6 Å². The number of pyridine rings is 4. The third-order valence-electron chi connectivity index (χ3n) is 5.83. The van der Waals surface area contributed by atoms with Crippen LogP contribution in [0.2, 0.25) is 0 Å². The van der Waals surface area contributed by atoms with Crippen molar-refractivity contribution in [3.63, 3.8) is 0 Å². The molecule has 7 rings (SSSR count). The highest BCUT2D eigenvalue weighted by Crippen LogP contribution is 2.19. The van der Waals surface area contributed by atoms with Gasteiger partial charge in [-0.05, 0) is 70.6 Å². The highest BCUT2D eigenvalue weighted by atomic mass is 127. The summed E-state index contributed by atoms with van der Waals surface area (Å²) in [6.45, 7) is 1.63. The van der Waals surface area contributed by atoms with Crippen molar-refractivity contribution in [2.24, 2.45) is 9.98 Å². The molecule has 0 amide bonds. The van der Waals surface area contributed by atoms with Gasteiger partial charge in [0.15, 0.2) is 11.3 Å². The van der Waals surface area contributed by atoms with Crippen molar-refractivity contribution in [2.45, 2.75) is 19.6 Å². The minimum atomic E-state index is -0.401. The van der Waals surface area contributed by atoms with Crippen LogP contribution in [0.5, 0.6) is 0 Å². The summed E-state index contributed by atoms with van der Waals surface area (Å²) < 4.78 is 15.8. The Balaban J connectivity index is 0.000000131. The zero-order chi connectivity index (χ0) is 27.9. The van der Waals surface area contributed by atoms with E-state index < -0.39 is 5.82 Å². The van der Waals surface area contributed by atoms with Crippen LogP contribution in [0.1, 0.15) is 33.8 Å². The molecule has 5 aromatic rings. The second-order valence-corrected chi connectivity index (χ2v) is 9.40. The molecule has 0 atom stereocenters. The highest BCUT2D eigenvalue weighted by molar-refractivity contribution is 14.1. The van der Waals surface area contributed by atoms with Crippen LogP contribution < -0.4 is 0 Å². The summed E-state index contributed by atoms with van der Waals surface area (Å²) in [6, 6.07) is 16.7. The van der Waals surface area contributed by atoms with E-state index in [1.165, 1.54) is 11.6 Å². The molecule has 0 unspecified atom stereocenters. The van der Waals surface area contributed by atoms with Gasteiger partial charge in [-0.15, -0.1) is 0 Å². The number of halogens is 2. The Morgan fingerprint density at radius 3 is 2.30 bits per heavy atom. The van der Waals surface area contributed by atoms with E-state index in [1.54, 1.807) is 35.4 Å². The maximum absolute atomic E-state index is 13.1. The standard InChI is InChI=1S/C13H8FN5.C8H5N3.C7H5IN2/c14-10-4-9(6-16-7-10)8-19-13-11(2-1-3-17-13)12(5-15)18-19;9-4-7-6-2-1-3-10-8(6)5-11-7;8-7-5-2-1-3-9-6(5)4-10-7/h1-4,6-7H,8H2;1-3H,5H2;1-3H,4H2. The lowest BCUT2D eigenvalue weighted by Gasteiger charge is -2.02. The van der Waals surface area contributed by atoms with Crippen LogP contribution in [-0.4, -0.2) is 39.1 Å². The molecule has 0 aliphatic carbocycles. The summed E-state index contributed by atoms with van der Waals surface area (Å²) in [5.74, 6) is -0.401. The molecule has 0 saturated heterocycles. The number of nitrogens with zero attached hydrogens (tertiary/aromatic N) is 10. The minimum Gasteiger partial charge on any atom is -0.272 e. The number of nitriles is 2. The zero-order valence-corrected chi connectivity index (χ0v) is 22.9. The molecule has 0 radical (unpaired) electrons. The molecule has 2 aliphatic heterocycles. The summed E-state index contributed by atoms with van der Waals surface area (Å²) in [6.07, 6.45) is 7.86. The summed E-state index contributed by atoms with van der Waals surface area (Å²) in [5.41, 5.74) is 6.18. The number of aromatic nitrogens is 6. The molecular weight excluding hydrogens is 622 g/mol. The van der Waals surface area contributed by atoms with Gasteiger partial charge in [0.2, 0.25) is 0 Å². The number of rotatable bonds is 2. The first-order valence-electron chi connectivity index (χ1n) is 11.9. The average molecular weight is 640 g/mol. The van der Waals surface area contributed by atoms with Gasteiger partial charge in [0.05, 0.1) is 42.6 Å². The van der Waals surface area contributed by atoms with Gasteiger partial charge < -0.3 is 0 Å². The fourth-order valence-corrected chi connectivity index (χ4v) is 4.67. The second kappa shape index (κ2) is 12.3. The van der Waals surface area contributed by atoms with Crippen molar-refractivity contribution in [3.05, 3.63) is 113 Å². The molecule has 7 heterocycles. The average Bonchev–Trinajstić information content (AvgIpc) is 3.69. The molecule has 0 bridgehead atoms. The molecule has 2 aliphatic rings. The smallest absolute Gasteiger partial charge is 0.172 e. The van der Waals surface area contributed by atoms with Crippen LogP contribution in [0.3, 0.4) is 0 Å². The van der Waals surface area contributed by atoms with Gasteiger partial charge in [0.25, 0.3) is 0 Å². The van der Waals surface area contributed by atoms with Crippen LogP contribution in [0.25, 0.3) is 11.0 Å². The van der Waals surface area contributed by atoms with Gasteiger partial charge in [-0.2, -0.15) is 15.6 Å². The third-order valence-corrected chi connectivity index (χ3v) is 6.75. The molecule has 0 spiro atoms. The normalized spacial score (nSPS) is 12.4. The lowest BCUT2D eigenvalue weighted by Crippen LogP contribution is -2.03. The lowest BCUT2D eigenvalue weighted by molar-refractivity contribution is 0.613. The van der Waals surface area contributed by atoms with Crippen molar-refractivity contribution in [1.29, 1.82) is 10.5 Å². The van der Waals surface area contributed by atoms with Gasteiger partial charge in [0.1, 0.15) is 27.4 Å². The summed E-state index contributed by atoms with van der Waals surface area (Å²) in [7, 11) is 0. The van der Waals surface area contributed by atoms with Gasteiger partial charge in [-0.3, -0.25) is 24.9 Å². The Kier molecular flexibility index (Phi) is 8.18. The number of aliphatic imine (C=N–C) groups is 2.